The zero-order valence-corrected chi connectivity index (χ0v) is 10.7. The van der Waals surface area contributed by atoms with E-state index in [-0.39, 0.29) is 0 Å². The fourth-order valence-electron chi connectivity index (χ4n) is 2.78. The number of nitrogens with one attached hydrogen (secondary N) is 1. The van der Waals surface area contributed by atoms with Crippen molar-refractivity contribution >= 4 is 11.6 Å². The summed E-state index contributed by atoms with van der Waals surface area (Å²) >= 11 is 0. The van der Waals surface area contributed by atoms with Gasteiger partial charge in [0.05, 0.1) is 0 Å². The predicted octanol–water partition coefficient (Wildman–Crippen LogP) is 3.29. The van der Waals surface area contributed by atoms with E-state index in [1.807, 2.05) is 18.2 Å². The van der Waals surface area contributed by atoms with Gasteiger partial charge in [0.15, 0.2) is 0 Å². The van der Waals surface area contributed by atoms with Crippen LogP contribution < -0.4 is 11.1 Å². The third-order valence-electron chi connectivity index (χ3n) is 3.67. The van der Waals surface area contributed by atoms with Crippen LogP contribution in [-0.4, -0.2) is 11.5 Å². The summed E-state index contributed by atoms with van der Waals surface area (Å²) in [4.78, 5) is 4.24. The molecule has 1 heterocycles. The molecule has 0 amide bonds. The molecule has 0 aliphatic heterocycles. The quantitative estimate of drug-likeness (QED) is 0.839. The van der Waals surface area contributed by atoms with Crippen LogP contribution in [0.4, 0.5) is 11.6 Å². The lowest BCUT2D eigenvalue weighted by atomic mass is 9.81. The predicted molar refractivity (Wildman–Crippen MR) is 72.9 cm³/mol. The summed E-state index contributed by atoms with van der Waals surface area (Å²) in [7, 11) is 0. The highest BCUT2D eigenvalue weighted by Crippen LogP contribution is 2.30. The van der Waals surface area contributed by atoms with Gasteiger partial charge in [-0.3, -0.25) is 0 Å². The maximum absolute atomic E-state index is 5.64. The molecule has 17 heavy (non-hydrogen) atoms. The molecular weight excluding hydrogens is 210 g/mol. The number of nitrogens with two attached hydrogens (primary N) is 1. The van der Waals surface area contributed by atoms with Crippen LogP contribution in [0.1, 0.15) is 39.0 Å². The monoisotopic (exact) mass is 233 g/mol. The van der Waals surface area contributed by atoms with Gasteiger partial charge in [-0.2, -0.15) is 0 Å². The molecule has 3 nitrogen and oxygen atoms in total. The first-order valence-electron chi connectivity index (χ1n) is 6.70. The van der Waals surface area contributed by atoms with Crippen molar-refractivity contribution < 1.29 is 0 Å². The molecule has 0 spiro atoms. The summed E-state index contributed by atoms with van der Waals surface area (Å²) in [5.74, 6) is 3.29. The third-order valence-corrected chi connectivity index (χ3v) is 3.67. The first-order chi connectivity index (χ1) is 8.24. The maximum Gasteiger partial charge on any atom is 0.128 e. The highest BCUT2D eigenvalue weighted by atomic mass is 15.0. The number of pyridine rings is 1. The molecule has 1 fully saturated rings. The summed E-state index contributed by atoms with van der Waals surface area (Å²) in [6.45, 7) is 3.38. The first-order valence-corrected chi connectivity index (χ1v) is 6.70. The highest BCUT2D eigenvalue weighted by Gasteiger charge is 2.18. The van der Waals surface area contributed by atoms with Crippen LogP contribution in [0.25, 0.3) is 0 Å². The Morgan fingerprint density at radius 3 is 3.06 bits per heavy atom. The van der Waals surface area contributed by atoms with E-state index in [1.165, 1.54) is 32.1 Å². The summed E-state index contributed by atoms with van der Waals surface area (Å²) in [6, 6.07) is 5.72. The summed E-state index contributed by atoms with van der Waals surface area (Å²) < 4.78 is 0. The SMILES string of the molecule is CC1CCCC(CCNc2cccc(N)n2)C1. The van der Waals surface area contributed by atoms with E-state index in [2.05, 4.69) is 17.2 Å². The molecule has 3 heteroatoms. The second-order valence-electron chi connectivity index (χ2n) is 5.30. The second kappa shape index (κ2) is 5.89. The zero-order valence-electron chi connectivity index (χ0n) is 10.7. The van der Waals surface area contributed by atoms with Crippen LogP contribution in [0.15, 0.2) is 18.2 Å². The smallest absolute Gasteiger partial charge is 0.128 e. The van der Waals surface area contributed by atoms with Crippen molar-refractivity contribution in [3.8, 4) is 0 Å². The molecule has 2 atom stereocenters. The van der Waals surface area contributed by atoms with Gasteiger partial charge in [0, 0.05) is 6.54 Å². The molecule has 0 saturated heterocycles. The van der Waals surface area contributed by atoms with Crippen molar-refractivity contribution in [2.75, 3.05) is 17.6 Å². The van der Waals surface area contributed by atoms with E-state index in [0.29, 0.717) is 5.82 Å². The summed E-state index contributed by atoms with van der Waals surface area (Å²) in [6.07, 6.45) is 6.87. The molecule has 1 aromatic rings. The van der Waals surface area contributed by atoms with Crippen LogP contribution in [0, 0.1) is 11.8 Å². The lowest BCUT2D eigenvalue weighted by molar-refractivity contribution is 0.274. The fourth-order valence-corrected chi connectivity index (χ4v) is 2.78. The van der Waals surface area contributed by atoms with Crippen molar-refractivity contribution in [2.24, 2.45) is 11.8 Å². The van der Waals surface area contributed by atoms with Gasteiger partial charge in [0.1, 0.15) is 11.6 Å². The minimum Gasteiger partial charge on any atom is -0.384 e. The number of hydrogen-bond donors (Lipinski definition) is 2. The van der Waals surface area contributed by atoms with Crippen molar-refractivity contribution in [1.29, 1.82) is 0 Å². The third kappa shape index (κ3) is 3.91. The Kier molecular flexibility index (Phi) is 4.24. The van der Waals surface area contributed by atoms with Gasteiger partial charge < -0.3 is 11.1 Å². The van der Waals surface area contributed by atoms with Gasteiger partial charge in [0.25, 0.3) is 0 Å². The Hall–Kier alpha value is -1.25. The van der Waals surface area contributed by atoms with E-state index in [1.54, 1.807) is 0 Å². The zero-order chi connectivity index (χ0) is 12.1. The lowest BCUT2D eigenvalue weighted by Crippen LogP contribution is -2.16. The first kappa shape index (κ1) is 12.2. The van der Waals surface area contributed by atoms with E-state index >= 15 is 0 Å². The normalized spacial score (nSPS) is 24.5. The van der Waals surface area contributed by atoms with Gasteiger partial charge >= 0.3 is 0 Å². The molecule has 0 bridgehead atoms. The number of hydrogen-bond acceptors (Lipinski definition) is 3. The Morgan fingerprint density at radius 2 is 2.29 bits per heavy atom. The fraction of sp³-hybridized carbons (Fsp3) is 0.643. The maximum atomic E-state index is 5.64. The van der Waals surface area contributed by atoms with E-state index in [0.717, 1.165) is 24.2 Å². The highest BCUT2D eigenvalue weighted by molar-refractivity contribution is 5.41. The summed E-state index contributed by atoms with van der Waals surface area (Å²) in [5.41, 5.74) is 5.64. The number of rotatable bonds is 4. The van der Waals surface area contributed by atoms with Crippen LogP contribution in [0.5, 0.6) is 0 Å². The average Bonchev–Trinajstić information content (AvgIpc) is 2.29. The standard InChI is InChI=1S/C14H23N3/c1-11-4-2-5-12(10-11)8-9-16-14-7-3-6-13(15)17-14/h3,6-7,11-12H,2,4-5,8-10H2,1H3,(H3,15,16,17). The van der Waals surface area contributed by atoms with E-state index in [4.69, 9.17) is 5.73 Å². The summed E-state index contributed by atoms with van der Waals surface area (Å²) in [5, 5.41) is 3.36. The second-order valence-corrected chi connectivity index (χ2v) is 5.30. The van der Waals surface area contributed by atoms with Gasteiger partial charge in [-0.25, -0.2) is 4.98 Å². The molecule has 0 aromatic carbocycles. The number of aromatic nitrogens is 1. The molecule has 0 radical (unpaired) electrons. The Bertz CT molecular complexity index is 351. The van der Waals surface area contributed by atoms with Gasteiger partial charge in [0.2, 0.25) is 0 Å². The average molecular weight is 233 g/mol. The van der Waals surface area contributed by atoms with Gasteiger partial charge in [-0.05, 0) is 36.8 Å². The van der Waals surface area contributed by atoms with Crippen LogP contribution in [0.3, 0.4) is 0 Å². The van der Waals surface area contributed by atoms with Crippen LogP contribution in [0.2, 0.25) is 0 Å². The Labute approximate surface area is 104 Å². The minimum atomic E-state index is 0.585. The molecule has 1 aromatic heterocycles. The van der Waals surface area contributed by atoms with E-state index in [9.17, 15) is 0 Å². The van der Waals surface area contributed by atoms with Gasteiger partial charge in [-0.1, -0.05) is 32.3 Å². The molecular formula is C14H23N3. The molecule has 2 rings (SSSR count). The molecule has 1 aliphatic carbocycles. The van der Waals surface area contributed by atoms with Crippen molar-refractivity contribution in [3.05, 3.63) is 18.2 Å². The number of nitrogen functional groups attached to an aromatic ring is 1. The van der Waals surface area contributed by atoms with Crippen molar-refractivity contribution in [3.63, 3.8) is 0 Å². The van der Waals surface area contributed by atoms with Crippen molar-refractivity contribution in [2.45, 2.75) is 39.0 Å². The molecule has 1 saturated carbocycles. The van der Waals surface area contributed by atoms with Gasteiger partial charge in [-0.15, -0.1) is 0 Å². The van der Waals surface area contributed by atoms with Crippen LogP contribution in [-0.2, 0) is 0 Å². The molecule has 2 unspecified atom stereocenters. The van der Waals surface area contributed by atoms with E-state index < -0.39 is 0 Å². The molecule has 1 aliphatic rings. The lowest BCUT2D eigenvalue weighted by Gasteiger charge is -2.26. The topological polar surface area (TPSA) is 50.9 Å². The van der Waals surface area contributed by atoms with Crippen molar-refractivity contribution in [1.82, 2.24) is 4.98 Å². The number of nitrogens with zero attached hydrogens (tertiary/aromatic N) is 1. The molecule has 94 valence electrons. The Morgan fingerprint density at radius 1 is 1.41 bits per heavy atom. The number of anilines is 2. The molecule has 3 N–H and O–H groups in total. The minimum absolute atomic E-state index is 0.585. The largest absolute Gasteiger partial charge is 0.384 e. The Balaban J connectivity index is 1.72. The van der Waals surface area contributed by atoms with Crippen LogP contribution >= 0.6 is 0 Å².